The summed E-state index contributed by atoms with van der Waals surface area (Å²) in [5, 5.41) is 0. The minimum atomic E-state index is -1.21. The van der Waals surface area contributed by atoms with Gasteiger partial charge in [-0.05, 0) is 13.0 Å². The summed E-state index contributed by atoms with van der Waals surface area (Å²) in [6.07, 6.45) is 5.49. The van der Waals surface area contributed by atoms with Gasteiger partial charge in [0, 0.05) is 32.6 Å². The number of piperazine rings is 1. The highest BCUT2D eigenvalue weighted by molar-refractivity contribution is 6.83. The molecule has 1 aliphatic rings. The zero-order chi connectivity index (χ0) is 16.7. The van der Waals surface area contributed by atoms with Crippen molar-refractivity contribution < 1.29 is 4.74 Å². The van der Waals surface area contributed by atoms with Crippen molar-refractivity contribution in [3.05, 3.63) is 12.5 Å². The molecule has 5 nitrogen and oxygen atoms in total. The largest absolute Gasteiger partial charge is 0.491 e. The van der Waals surface area contributed by atoms with Crippen LogP contribution in [0.3, 0.4) is 0 Å². The predicted octanol–water partition coefficient (Wildman–Crippen LogP) is 2.27. The molecule has 0 aromatic carbocycles. The van der Waals surface area contributed by atoms with Gasteiger partial charge < -0.3 is 9.64 Å². The first-order chi connectivity index (χ1) is 11.0. The molecule has 23 heavy (non-hydrogen) atoms. The molecule has 126 valence electrons. The third-order valence-corrected chi connectivity index (χ3v) is 4.72. The summed E-state index contributed by atoms with van der Waals surface area (Å²) in [6, 6.07) is 0. The molecule has 0 N–H and O–H groups in total. The van der Waals surface area contributed by atoms with Gasteiger partial charge >= 0.3 is 0 Å². The molecule has 2 rings (SSSR count). The van der Waals surface area contributed by atoms with Crippen LogP contribution in [0.4, 0.5) is 5.82 Å². The van der Waals surface area contributed by atoms with Crippen LogP contribution in [0.1, 0.15) is 12.8 Å². The van der Waals surface area contributed by atoms with Crippen LogP contribution >= 0.6 is 0 Å². The molecule has 0 amide bonds. The van der Waals surface area contributed by atoms with Crippen molar-refractivity contribution >= 4 is 13.9 Å². The molecule has 6 heteroatoms. The quantitative estimate of drug-likeness (QED) is 0.470. The van der Waals surface area contributed by atoms with E-state index in [0.29, 0.717) is 0 Å². The molecule has 1 saturated heterocycles. The fourth-order valence-corrected chi connectivity index (χ4v) is 3.25. The van der Waals surface area contributed by atoms with Gasteiger partial charge in [-0.3, -0.25) is 4.90 Å². The van der Waals surface area contributed by atoms with E-state index in [-0.39, 0.29) is 0 Å². The van der Waals surface area contributed by atoms with Crippen LogP contribution in [0.25, 0.3) is 0 Å². The Hall–Kier alpha value is -1.58. The minimum Gasteiger partial charge on any atom is -0.491 e. The molecule has 0 unspecified atom stereocenters. The molecule has 0 saturated carbocycles. The second kappa shape index (κ2) is 8.32. The van der Waals surface area contributed by atoms with E-state index >= 15 is 0 Å². The summed E-state index contributed by atoms with van der Waals surface area (Å²) in [5.41, 5.74) is 3.43. The number of ether oxygens (including phenoxy) is 1. The van der Waals surface area contributed by atoms with Crippen LogP contribution in [-0.4, -0.2) is 62.8 Å². The Balaban J connectivity index is 1.75. The standard InChI is InChI=1S/C17H28N4OSi/c1-22-16-14-18-15-19-17(16)21-11-9-20(10-12-21)8-6-5-7-13-23(2,3)4/h14-15H,5-6,8-12H2,1-4H3. The van der Waals surface area contributed by atoms with Crippen LogP contribution in [0, 0.1) is 11.5 Å². The first kappa shape index (κ1) is 17.8. The van der Waals surface area contributed by atoms with E-state index in [9.17, 15) is 0 Å². The van der Waals surface area contributed by atoms with Crippen molar-refractivity contribution in [1.29, 1.82) is 0 Å². The van der Waals surface area contributed by atoms with Crippen molar-refractivity contribution in [1.82, 2.24) is 14.9 Å². The van der Waals surface area contributed by atoms with Gasteiger partial charge in [0.1, 0.15) is 14.4 Å². The maximum absolute atomic E-state index is 5.35. The van der Waals surface area contributed by atoms with Crippen molar-refractivity contribution in [3.8, 4) is 17.2 Å². The third kappa shape index (κ3) is 5.85. The summed E-state index contributed by atoms with van der Waals surface area (Å²) in [4.78, 5) is 13.2. The Morgan fingerprint density at radius 2 is 1.96 bits per heavy atom. The number of anilines is 1. The van der Waals surface area contributed by atoms with Gasteiger partial charge in [-0.1, -0.05) is 19.6 Å². The molecule has 0 atom stereocenters. The molecule has 0 bridgehead atoms. The minimum absolute atomic E-state index is 0.752. The fraction of sp³-hybridized carbons (Fsp3) is 0.647. The summed E-state index contributed by atoms with van der Waals surface area (Å²) >= 11 is 0. The van der Waals surface area contributed by atoms with Crippen LogP contribution < -0.4 is 9.64 Å². The lowest BCUT2D eigenvalue weighted by Gasteiger charge is -2.35. The van der Waals surface area contributed by atoms with Gasteiger partial charge in [-0.15, -0.1) is 11.5 Å². The van der Waals surface area contributed by atoms with Crippen molar-refractivity contribution in [2.45, 2.75) is 32.5 Å². The van der Waals surface area contributed by atoms with Crippen LogP contribution in [0.5, 0.6) is 5.75 Å². The second-order valence-electron chi connectivity index (χ2n) is 6.90. The van der Waals surface area contributed by atoms with E-state index in [1.807, 2.05) is 0 Å². The highest BCUT2D eigenvalue weighted by Gasteiger charge is 2.20. The zero-order valence-electron chi connectivity index (χ0n) is 14.8. The predicted molar refractivity (Wildman–Crippen MR) is 97.6 cm³/mol. The maximum Gasteiger partial charge on any atom is 0.179 e. The average Bonchev–Trinajstić information content (AvgIpc) is 2.54. The lowest BCUT2D eigenvalue weighted by Crippen LogP contribution is -2.47. The molecule has 0 radical (unpaired) electrons. The summed E-state index contributed by atoms with van der Waals surface area (Å²) in [6.45, 7) is 12.1. The topological polar surface area (TPSA) is 41.5 Å². The van der Waals surface area contributed by atoms with Crippen LogP contribution in [0.15, 0.2) is 12.5 Å². The van der Waals surface area contributed by atoms with Gasteiger partial charge in [-0.25, -0.2) is 9.97 Å². The smallest absolute Gasteiger partial charge is 0.179 e. The first-order valence-electron chi connectivity index (χ1n) is 8.31. The second-order valence-corrected chi connectivity index (χ2v) is 11.6. The van der Waals surface area contributed by atoms with Gasteiger partial charge in [0.2, 0.25) is 0 Å². The number of aromatic nitrogens is 2. The highest BCUT2D eigenvalue weighted by Crippen LogP contribution is 2.24. The Bertz CT molecular complexity index is 554. The lowest BCUT2D eigenvalue weighted by atomic mass is 10.2. The number of methoxy groups -OCH3 is 1. The normalized spacial score (nSPS) is 15.9. The van der Waals surface area contributed by atoms with E-state index in [4.69, 9.17) is 4.74 Å². The lowest BCUT2D eigenvalue weighted by molar-refractivity contribution is 0.254. The maximum atomic E-state index is 5.35. The monoisotopic (exact) mass is 332 g/mol. The summed E-state index contributed by atoms with van der Waals surface area (Å²) < 4.78 is 5.35. The third-order valence-electron chi connectivity index (χ3n) is 3.79. The molecule has 1 aromatic heterocycles. The Morgan fingerprint density at radius 3 is 2.61 bits per heavy atom. The molecule has 0 spiro atoms. The zero-order valence-corrected chi connectivity index (χ0v) is 15.8. The summed E-state index contributed by atoms with van der Waals surface area (Å²) in [5.74, 6) is 5.01. The van der Waals surface area contributed by atoms with E-state index in [1.54, 1.807) is 19.6 Å². The molecule has 1 aliphatic heterocycles. The number of hydrogen-bond acceptors (Lipinski definition) is 5. The van der Waals surface area contributed by atoms with Crippen LogP contribution in [-0.2, 0) is 0 Å². The average molecular weight is 333 g/mol. The Kier molecular flexibility index (Phi) is 6.43. The molecule has 1 fully saturated rings. The van der Waals surface area contributed by atoms with Crippen molar-refractivity contribution in [2.75, 3.05) is 44.7 Å². The number of nitrogens with zero attached hydrogens (tertiary/aromatic N) is 4. The SMILES string of the molecule is COc1cncnc1N1CCN(CCCC#C[Si](C)(C)C)CC1. The van der Waals surface area contributed by atoms with Gasteiger partial charge in [-0.2, -0.15) is 0 Å². The van der Waals surface area contributed by atoms with Crippen molar-refractivity contribution in [3.63, 3.8) is 0 Å². The number of rotatable bonds is 5. The molecular formula is C17H28N4OSi. The van der Waals surface area contributed by atoms with E-state index in [1.165, 1.54) is 0 Å². The first-order valence-corrected chi connectivity index (χ1v) is 11.8. The highest BCUT2D eigenvalue weighted by atomic mass is 28.3. The van der Waals surface area contributed by atoms with E-state index < -0.39 is 8.07 Å². The summed E-state index contributed by atoms with van der Waals surface area (Å²) in [7, 11) is 0.459. The van der Waals surface area contributed by atoms with Gasteiger partial charge in [0.05, 0.1) is 13.3 Å². The van der Waals surface area contributed by atoms with E-state index in [2.05, 4.69) is 50.9 Å². The molecule has 1 aromatic rings. The Morgan fingerprint density at radius 1 is 1.22 bits per heavy atom. The molecule has 2 heterocycles. The molecule has 0 aliphatic carbocycles. The number of unbranched alkanes of at least 4 members (excludes halogenated alkanes) is 1. The van der Waals surface area contributed by atoms with Gasteiger partial charge in [0.25, 0.3) is 0 Å². The van der Waals surface area contributed by atoms with Crippen LogP contribution in [0.2, 0.25) is 19.6 Å². The fourth-order valence-electron chi connectivity index (χ4n) is 2.59. The Labute approximate surface area is 141 Å². The van der Waals surface area contributed by atoms with Gasteiger partial charge in [0.15, 0.2) is 11.6 Å². The van der Waals surface area contributed by atoms with E-state index in [0.717, 1.165) is 57.1 Å². The molecular weight excluding hydrogens is 304 g/mol. The van der Waals surface area contributed by atoms with Crippen molar-refractivity contribution in [2.24, 2.45) is 0 Å². The number of hydrogen-bond donors (Lipinski definition) is 0.